The van der Waals surface area contributed by atoms with Crippen molar-refractivity contribution in [2.24, 2.45) is 0 Å². The molecule has 0 aliphatic rings. The molecule has 0 unspecified atom stereocenters. The molecule has 0 saturated heterocycles. The zero-order valence-corrected chi connectivity index (χ0v) is 12.9. The van der Waals surface area contributed by atoms with Crippen LogP contribution in [0.25, 0.3) is 0 Å². The first-order valence-electron chi connectivity index (χ1n) is 6.09. The van der Waals surface area contributed by atoms with Crippen LogP contribution < -0.4 is 0 Å². The number of carbonyl (C=O) groups is 1. The van der Waals surface area contributed by atoms with Gasteiger partial charge in [0.2, 0.25) is 0 Å². The third-order valence-corrected chi connectivity index (χ3v) is 3.04. The molecule has 0 saturated carbocycles. The predicted molar refractivity (Wildman–Crippen MR) is 77.7 cm³/mol. The summed E-state index contributed by atoms with van der Waals surface area (Å²) in [6.07, 6.45) is 0.731. The monoisotopic (exact) mass is 308 g/mol. The van der Waals surface area contributed by atoms with Crippen LogP contribution >= 0.6 is 24.0 Å². The van der Waals surface area contributed by atoms with Crippen molar-refractivity contribution in [2.75, 3.05) is 6.61 Å². The molecule has 5 heteroatoms. The standard InChI is InChI=1S/C14H18ClFO2.ClH/c1-4-18-14(17)6-5-10-7-11(9(2)3)13(16)8-12(10)15;/h7-9H,4-6H2,1-3H3;1H. The molecule has 0 fully saturated rings. The smallest absolute Gasteiger partial charge is 0.306 e. The fourth-order valence-electron chi connectivity index (χ4n) is 1.72. The number of hydrogen-bond acceptors (Lipinski definition) is 2. The second-order valence-corrected chi connectivity index (χ2v) is 4.83. The number of ether oxygens (including phenoxy) is 1. The molecule has 0 N–H and O–H groups in total. The highest BCUT2D eigenvalue weighted by atomic mass is 35.5. The molecule has 0 bridgehead atoms. The Labute approximate surface area is 124 Å². The first-order valence-corrected chi connectivity index (χ1v) is 6.47. The van der Waals surface area contributed by atoms with E-state index in [0.29, 0.717) is 23.6 Å². The molecule has 2 nitrogen and oxygen atoms in total. The summed E-state index contributed by atoms with van der Waals surface area (Å²) in [6.45, 7) is 5.97. The second-order valence-electron chi connectivity index (χ2n) is 4.42. The van der Waals surface area contributed by atoms with Crippen LogP contribution in [0.1, 0.15) is 44.2 Å². The van der Waals surface area contributed by atoms with Gasteiger partial charge in [0, 0.05) is 11.4 Å². The topological polar surface area (TPSA) is 26.3 Å². The van der Waals surface area contributed by atoms with Crippen molar-refractivity contribution in [3.8, 4) is 0 Å². The summed E-state index contributed by atoms with van der Waals surface area (Å²) in [5, 5.41) is 0.362. The minimum Gasteiger partial charge on any atom is -0.466 e. The number of rotatable bonds is 5. The summed E-state index contributed by atoms with van der Waals surface area (Å²) in [4.78, 5) is 11.3. The maximum absolute atomic E-state index is 13.6. The van der Waals surface area contributed by atoms with Crippen LogP contribution in [0, 0.1) is 5.82 Å². The van der Waals surface area contributed by atoms with Gasteiger partial charge in [-0.25, -0.2) is 4.39 Å². The van der Waals surface area contributed by atoms with E-state index in [4.69, 9.17) is 16.3 Å². The minimum atomic E-state index is -0.296. The van der Waals surface area contributed by atoms with Crippen LogP contribution in [0.2, 0.25) is 5.02 Å². The van der Waals surface area contributed by atoms with Gasteiger partial charge < -0.3 is 4.74 Å². The Balaban J connectivity index is 0.00000324. The third kappa shape index (κ3) is 5.37. The Hall–Kier alpha value is -0.800. The average molecular weight is 309 g/mol. The highest BCUT2D eigenvalue weighted by Gasteiger charge is 2.12. The molecule has 0 spiro atoms. The van der Waals surface area contributed by atoms with E-state index in [1.807, 2.05) is 13.8 Å². The molecule has 0 heterocycles. The lowest BCUT2D eigenvalue weighted by Gasteiger charge is -2.11. The van der Waals surface area contributed by atoms with Crippen molar-refractivity contribution >= 4 is 30.0 Å². The Morgan fingerprint density at radius 3 is 2.58 bits per heavy atom. The average Bonchev–Trinajstić information content (AvgIpc) is 2.27. The van der Waals surface area contributed by atoms with E-state index in [-0.39, 0.29) is 36.5 Å². The van der Waals surface area contributed by atoms with Gasteiger partial charge in [-0.05, 0) is 36.5 Å². The number of carbonyl (C=O) groups excluding carboxylic acids is 1. The van der Waals surface area contributed by atoms with Crippen molar-refractivity contribution in [3.05, 3.63) is 34.1 Å². The van der Waals surface area contributed by atoms with Crippen LogP contribution in [-0.4, -0.2) is 12.6 Å². The van der Waals surface area contributed by atoms with Gasteiger partial charge in [0.15, 0.2) is 0 Å². The van der Waals surface area contributed by atoms with Crippen LogP contribution in [-0.2, 0) is 16.0 Å². The van der Waals surface area contributed by atoms with Crippen molar-refractivity contribution in [1.29, 1.82) is 0 Å². The van der Waals surface area contributed by atoms with Gasteiger partial charge in [-0.2, -0.15) is 0 Å². The van der Waals surface area contributed by atoms with Gasteiger partial charge in [-0.1, -0.05) is 31.5 Å². The molecule has 1 aromatic rings. The first-order chi connectivity index (χ1) is 8.45. The van der Waals surface area contributed by atoms with Gasteiger partial charge in [-0.3, -0.25) is 4.79 Å². The molecule has 0 aliphatic carbocycles. The fourth-order valence-corrected chi connectivity index (χ4v) is 1.96. The SMILES string of the molecule is CCOC(=O)CCc1cc(C(C)C)c(F)cc1Cl.Cl. The molecular weight excluding hydrogens is 290 g/mol. The molecule has 1 aromatic carbocycles. The number of benzene rings is 1. The lowest BCUT2D eigenvalue weighted by Crippen LogP contribution is -2.06. The van der Waals surface area contributed by atoms with Crippen LogP contribution in [0.4, 0.5) is 4.39 Å². The molecule has 0 radical (unpaired) electrons. The van der Waals surface area contributed by atoms with E-state index in [0.717, 1.165) is 5.56 Å². The summed E-state index contributed by atoms with van der Waals surface area (Å²) in [5.74, 6) is -0.470. The minimum absolute atomic E-state index is 0. The zero-order chi connectivity index (χ0) is 13.7. The largest absolute Gasteiger partial charge is 0.466 e. The van der Waals surface area contributed by atoms with Gasteiger partial charge in [0.05, 0.1) is 6.61 Å². The highest BCUT2D eigenvalue weighted by Crippen LogP contribution is 2.26. The maximum Gasteiger partial charge on any atom is 0.306 e. The van der Waals surface area contributed by atoms with Crippen molar-refractivity contribution in [3.63, 3.8) is 0 Å². The van der Waals surface area contributed by atoms with E-state index in [1.165, 1.54) is 6.07 Å². The Kier molecular flexibility index (Phi) is 8.03. The predicted octanol–water partition coefficient (Wildman–Crippen LogP) is 4.52. The second kappa shape index (κ2) is 8.39. The van der Waals surface area contributed by atoms with E-state index in [2.05, 4.69) is 0 Å². The maximum atomic E-state index is 13.6. The van der Waals surface area contributed by atoms with Gasteiger partial charge >= 0.3 is 5.97 Å². The number of esters is 1. The lowest BCUT2D eigenvalue weighted by molar-refractivity contribution is -0.143. The molecule has 19 heavy (non-hydrogen) atoms. The van der Waals surface area contributed by atoms with Gasteiger partial charge in [-0.15, -0.1) is 12.4 Å². The van der Waals surface area contributed by atoms with Crippen LogP contribution in [0.3, 0.4) is 0 Å². The van der Waals surface area contributed by atoms with Crippen LogP contribution in [0.5, 0.6) is 0 Å². The molecule has 0 atom stereocenters. The molecule has 108 valence electrons. The summed E-state index contributed by atoms with van der Waals surface area (Å²) in [6, 6.07) is 3.05. The third-order valence-electron chi connectivity index (χ3n) is 2.69. The summed E-state index contributed by atoms with van der Waals surface area (Å²) >= 11 is 5.97. The first kappa shape index (κ1) is 18.2. The lowest BCUT2D eigenvalue weighted by atomic mass is 9.98. The Morgan fingerprint density at radius 1 is 1.42 bits per heavy atom. The van der Waals surface area contributed by atoms with Crippen molar-refractivity contribution < 1.29 is 13.9 Å². The quantitative estimate of drug-likeness (QED) is 0.748. The van der Waals surface area contributed by atoms with E-state index in [1.54, 1.807) is 13.0 Å². The molecule has 1 rings (SSSR count). The summed E-state index contributed by atoms with van der Waals surface area (Å²) < 4.78 is 18.5. The molecular formula is C14H19Cl2FO2. The zero-order valence-electron chi connectivity index (χ0n) is 11.3. The molecule has 0 aromatic heterocycles. The number of hydrogen-bond donors (Lipinski definition) is 0. The fraction of sp³-hybridized carbons (Fsp3) is 0.500. The Bertz CT molecular complexity index is 434. The normalized spacial score (nSPS) is 10.2. The Morgan fingerprint density at radius 2 is 2.05 bits per heavy atom. The summed E-state index contributed by atoms with van der Waals surface area (Å²) in [7, 11) is 0. The van der Waals surface area contributed by atoms with E-state index < -0.39 is 0 Å². The van der Waals surface area contributed by atoms with E-state index >= 15 is 0 Å². The molecule has 0 amide bonds. The van der Waals surface area contributed by atoms with E-state index in [9.17, 15) is 9.18 Å². The summed E-state index contributed by atoms with van der Waals surface area (Å²) in [5.41, 5.74) is 1.41. The number of aryl methyl sites for hydroxylation is 1. The van der Waals surface area contributed by atoms with Gasteiger partial charge in [0.1, 0.15) is 5.82 Å². The van der Waals surface area contributed by atoms with Crippen LogP contribution in [0.15, 0.2) is 12.1 Å². The highest BCUT2D eigenvalue weighted by molar-refractivity contribution is 6.31. The van der Waals surface area contributed by atoms with Crippen molar-refractivity contribution in [1.82, 2.24) is 0 Å². The van der Waals surface area contributed by atoms with Gasteiger partial charge in [0.25, 0.3) is 0 Å². The van der Waals surface area contributed by atoms with Crippen molar-refractivity contribution in [2.45, 2.75) is 39.5 Å². The molecule has 0 aliphatic heterocycles. The number of halogens is 3.